The van der Waals surface area contributed by atoms with Gasteiger partial charge >= 0.3 is 0 Å². The van der Waals surface area contributed by atoms with Crippen molar-refractivity contribution in [2.45, 2.75) is 19.9 Å². The van der Waals surface area contributed by atoms with Crippen LogP contribution >= 0.6 is 12.4 Å². The number of fused-ring (bicyclic) bond motifs is 3. The molecule has 1 unspecified atom stereocenters. The SMILES string of the molecule is Cc1c(C(=O)N2CCNC(C)C2)oc2c1ccc1ccccc12.Cl. The van der Waals surface area contributed by atoms with E-state index in [1.54, 1.807) is 0 Å². The van der Waals surface area contributed by atoms with Crippen LogP contribution in [0.25, 0.3) is 21.7 Å². The standard InChI is InChI=1S/C19H20N2O2.ClH/c1-12-11-21(10-9-20-12)19(22)17-13(2)15-8-7-14-5-3-4-6-16(14)18(15)23-17;/h3-8,12,20H,9-11H2,1-2H3;1H. The first-order valence-electron chi connectivity index (χ1n) is 8.08. The van der Waals surface area contributed by atoms with Crippen LogP contribution in [0.4, 0.5) is 0 Å². The zero-order valence-electron chi connectivity index (χ0n) is 13.8. The van der Waals surface area contributed by atoms with Crippen LogP contribution in [0.5, 0.6) is 0 Å². The molecule has 1 aliphatic heterocycles. The molecule has 3 aromatic rings. The van der Waals surface area contributed by atoms with Gasteiger partial charge in [0.25, 0.3) is 5.91 Å². The first-order valence-corrected chi connectivity index (χ1v) is 8.08. The van der Waals surface area contributed by atoms with Gasteiger partial charge in [-0.15, -0.1) is 12.4 Å². The minimum Gasteiger partial charge on any atom is -0.450 e. The molecule has 0 radical (unpaired) electrons. The van der Waals surface area contributed by atoms with E-state index in [-0.39, 0.29) is 18.3 Å². The molecule has 2 heterocycles. The van der Waals surface area contributed by atoms with Crippen molar-refractivity contribution >= 4 is 40.1 Å². The van der Waals surface area contributed by atoms with Crippen LogP contribution in [-0.4, -0.2) is 36.5 Å². The first-order chi connectivity index (χ1) is 11.1. The second-order valence-electron chi connectivity index (χ2n) is 6.33. The van der Waals surface area contributed by atoms with Gasteiger partial charge in [-0.05, 0) is 19.2 Å². The average molecular weight is 345 g/mol. The van der Waals surface area contributed by atoms with Gasteiger partial charge in [0.1, 0.15) is 5.58 Å². The van der Waals surface area contributed by atoms with Gasteiger partial charge in [-0.1, -0.05) is 36.4 Å². The summed E-state index contributed by atoms with van der Waals surface area (Å²) in [4.78, 5) is 14.8. The molecule has 1 fully saturated rings. The van der Waals surface area contributed by atoms with Crippen molar-refractivity contribution in [2.24, 2.45) is 0 Å². The van der Waals surface area contributed by atoms with E-state index < -0.39 is 0 Å². The Morgan fingerprint density at radius 3 is 2.79 bits per heavy atom. The van der Waals surface area contributed by atoms with Crippen molar-refractivity contribution in [3.8, 4) is 0 Å². The number of aryl methyl sites for hydroxylation is 1. The van der Waals surface area contributed by atoms with E-state index in [4.69, 9.17) is 4.42 Å². The highest BCUT2D eigenvalue weighted by molar-refractivity contribution is 6.08. The van der Waals surface area contributed by atoms with Gasteiger partial charge in [0.05, 0.1) is 0 Å². The Bertz CT molecular complexity index is 903. The molecule has 0 bridgehead atoms. The molecular formula is C19H21ClN2O2. The molecule has 4 nitrogen and oxygen atoms in total. The van der Waals surface area contributed by atoms with Crippen molar-refractivity contribution in [2.75, 3.05) is 19.6 Å². The molecule has 1 N–H and O–H groups in total. The summed E-state index contributed by atoms with van der Waals surface area (Å²) >= 11 is 0. The summed E-state index contributed by atoms with van der Waals surface area (Å²) in [6.45, 7) is 6.34. The number of halogens is 1. The molecule has 1 atom stereocenters. The van der Waals surface area contributed by atoms with Crippen molar-refractivity contribution in [3.63, 3.8) is 0 Å². The molecule has 5 heteroatoms. The smallest absolute Gasteiger partial charge is 0.289 e. The number of benzene rings is 2. The molecule has 4 rings (SSSR count). The van der Waals surface area contributed by atoms with Crippen molar-refractivity contribution < 1.29 is 9.21 Å². The molecule has 24 heavy (non-hydrogen) atoms. The van der Waals surface area contributed by atoms with E-state index in [0.29, 0.717) is 11.8 Å². The fourth-order valence-corrected chi connectivity index (χ4v) is 3.41. The minimum atomic E-state index is -0.00358. The quantitative estimate of drug-likeness (QED) is 0.731. The number of hydrogen-bond acceptors (Lipinski definition) is 3. The summed E-state index contributed by atoms with van der Waals surface area (Å²) in [5, 5.41) is 6.57. The second kappa shape index (κ2) is 6.46. The Balaban J connectivity index is 0.00000169. The Labute approximate surface area is 147 Å². The Morgan fingerprint density at radius 2 is 2.00 bits per heavy atom. The van der Waals surface area contributed by atoms with Gasteiger partial charge in [-0.3, -0.25) is 4.79 Å². The number of piperazine rings is 1. The average Bonchev–Trinajstić information content (AvgIpc) is 2.91. The van der Waals surface area contributed by atoms with Gasteiger partial charge in [-0.25, -0.2) is 0 Å². The fourth-order valence-electron chi connectivity index (χ4n) is 3.41. The molecule has 2 aromatic carbocycles. The van der Waals surface area contributed by atoms with E-state index in [9.17, 15) is 4.79 Å². The van der Waals surface area contributed by atoms with E-state index >= 15 is 0 Å². The van der Waals surface area contributed by atoms with Crippen LogP contribution in [0, 0.1) is 6.92 Å². The summed E-state index contributed by atoms with van der Waals surface area (Å²) in [6, 6.07) is 12.6. The lowest BCUT2D eigenvalue weighted by Crippen LogP contribution is -2.51. The third kappa shape index (κ3) is 2.66. The number of amides is 1. The van der Waals surface area contributed by atoms with Crippen LogP contribution in [0.3, 0.4) is 0 Å². The van der Waals surface area contributed by atoms with Crippen LogP contribution in [0.2, 0.25) is 0 Å². The molecule has 1 saturated heterocycles. The number of nitrogens with one attached hydrogen (secondary N) is 1. The Hall–Kier alpha value is -2.04. The van der Waals surface area contributed by atoms with Crippen LogP contribution in [0.15, 0.2) is 40.8 Å². The summed E-state index contributed by atoms with van der Waals surface area (Å²) in [7, 11) is 0. The minimum absolute atomic E-state index is 0. The largest absolute Gasteiger partial charge is 0.450 e. The van der Waals surface area contributed by atoms with E-state index in [1.807, 2.05) is 36.1 Å². The van der Waals surface area contributed by atoms with E-state index in [1.165, 1.54) is 0 Å². The maximum absolute atomic E-state index is 12.9. The molecule has 1 aromatic heterocycles. The van der Waals surface area contributed by atoms with Crippen LogP contribution in [-0.2, 0) is 0 Å². The maximum atomic E-state index is 12.9. The van der Waals surface area contributed by atoms with E-state index in [0.717, 1.165) is 46.9 Å². The zero-order valence-corrected chi connectivity index (χ0v) is 14.7. The number of carbonyl (C=O) groups excluding carboxylic acids is 1. The maximum Gasteiger partial charge on any atom is 0.289 e. The predicted molar refractivity (Wildman–Crippen MR) is 99.1 cm³/mol. The van der Waals surface area contributed by atoms with Gasteiger partial charge in [0.2, 0.25) is 0 Å². The normalized spacial score (nSPS) is 17.9. The lowest BCUT2D eigenvalue weighted by atomic mass is 10.1. The van der Waals surface area contributed by atoms with Gasteiger partial charge < -0.3 is 14.6 Å². The number of carbonyl (C=O) groups is 1. The number of rotatable bonds is 1. The molecule has 1 amide bonds. The third-order valence-corrected chi connectivity index (χ3v) is 4.68. The fraction of sp³-hybridized carbons (Fsp3) is 0.316. The third-order valence-electron chi connectivity index (χ3n) is 4.68. The predicted octanol–water partition coefficient (Wildman–Crippen LogP) is 3.75. The first kappa shape index (κ1) is 16.8. The molecule has 1 aliphatic rings. The molecule has 126 valence electrons. The number of furan rings is 1. The lowest BCUT2D eigenvalue weighted by Gasteiger charge is -2.31. The van der Waals surface area contributed by atoms with Gasteiger partial charge in [0, 0.05) is 42.0 Å². The van der Waals surface area contributed by atoms with Crippen molar-refractivity contribution in [3.05, 3.63) is 47.7 Å². The topological polar surface area (TPSA) is 45.5 Å². The second-order valence-corrected chi connectivity index (χ2v) is 6.33. The Kier molecular flexibility index (Phi) is 4.52. The number of hydrogen-bond donors (Lipinski definition) is 1. The summed E-state index contributed by atoms with van der Waals surface area (Å²) in [6.07, 6.45) is 0. The molecule has 0 aliphatic carbocycles. The van der Waals surface area contributed by atoms with Crippen molar-refractivity contribution in [1.82, 2.24) is 10.2 Å². The number of nitrogens with zero attached hydrogens (tertiary/aromatic N) is 1. The highest BCUT2D eigenvalue weighted by Crippen LogP contribution is 2.32. The Morgan fingerprint density at radius 1 is 1.21 bits per heavy atom. The summed E-state index contributed by atoms with van der Waals surface area (Å²) in [5.74, 6) is 0.474. The van der Waals surface area contributed by atoms with Gasteiger partial charge in [-0.2, -0.15) is 0 Å². The zero-order chi connectivity index (χ0) is 16.0. The summed E-state index contributed by atoms with van der Waals surface area (Å²) in [5.41, 5.74) is 1.74. The van der Waals surface area contributed by atoms with Gasteiger partial charge in [0.15, 0.2) is 5.76 Å². The molecule has 0 saturated carbocycles. The van der Waals surface area contributed by atoms with E-state index in [2.05, 4.69) is 24.4 Å². The van der Waals surface area contributed by atoms with Crippen LogP contribution < -0.4 is 5.32 Å². The monoisotopic (exact) mass is 344 g/mol. The van der Waals surface area contributed by atoms with Crippen molar-refractivity contribution in [1.29, 1.82) is 0 Å². The molecule has 0 spiro atoms. The molecular weight excluding hydrogens is 324 g/mol. The van der Waals surface area contributed by atoms with Crippen LogP contribution in [0.1, 0.15) is 23.0 Å². The summed E-state index contributed by atoms with van der Waals surface area (Å²) < 4.78 is 6.05. The lowest BCUT2D eigenvalue weighted by molar-refractivity contribution is 0.0678. The highest BCUT2D eigenvalue weighted by atomic mass is 35.5. The highest BCUT2D eigenvalue weighted by Gasteiger charge is 2.26.